The minimum atomic E-state index is -2.82. The Bertz CT molecular complexity index is 747. The summed E-state index contributed by atoms with van der Waals surface area (Å²) in [6.45, 7) is -1.23. The molecule has 0 radical (unpaired) electrons. The Morgan fingerprint density at radius 3 is 2.72 bits per heavy atom. The molecule has 1 N–H and O–H groups in total. The normalized spacial score (nSPS) is 17.2. The lowest BCUT2D eigenvalue weighted by molar-refractivity contribution is -0.0498. The maximum atomic E-state index is 12.2. The number of halogens is 2. The quantitative estimate of drug-likeness (QED) is 0.898. The smallest absolute Gasteiger partial charge is 0.387 e. The van der Waals surface area contributed by atoms with Gasteiger partial charge in [-0.2, -0.15) is 14.0 Å². The Hall–Kier alpha value is -2.95. The van der Waals surface area contributed by atoms with Crippen LogP contribution in [0.4, 0.5) is 20.3 Å². The van der Waals surface area contributed by atoms with E-state index in [-0.39, 0.29) is 17.5 Å². The minimum absolute atomic E-state index is 0.120. The zero-order valence-electron chi connectivity index (χ0n) is 13.4. The number of hydrogen-bond acceptors (Lipinski definition) is 6. The van der Waals surface area contributed by atoms with Crippen molar-refractivity contribution in [1.82, 2.24) is 9.97 Å². The van der Waals surface area contributed by atoms with Gasteiger partial charge in [-0.1, -0.05) is 0 Å². The van der Waals surface area contributed by atoms with Gasteiger partial charge in [0.1, 0.15) is 11.8 Å². The van der Waals surface area contributed by atoms with Gasteiger partial charge < -0.3 is 15.0 Å². The van der Waals surface area contributed by atoms with Crippen molar-refractivity contribution in [2.45, 2.75) is 25.5 Å². The first-order chi connectivity index (χ1) is 12.2. The van der Waals surface area contributed by atoms with Gasteiger partial charge in [-0.15, -0.1) is 0 Å². The summed E-state index contributed by atoms with van der Waals surface area (Å²) in [5.41, 5.74) is 1.21. The van der Waals surface area contributed by atoms with Crippen LogP contribution in [0.5, 0.6) is 5.75 Å². The van der Waals surface area contributed by atoms with Crippen LogP contribution in [0, 0.1) is 11.3 Å². The first-order valence-corrected chi connectivity index (χ1v) is 7.93. The summed E-state index contributed by atoms with van der Waals surface area (Å²) in [6.07, 6.45) is 4.95. The van der Waals surface area contributed by atoms with Crippen molar-refractivity contribution in [3.8, 4) is 11.8 Å². The molecule has 1 saturated heterocycles. The summed E-state index contributed by atoms with van der Waals surface area (Å²) in [7, 11) is 0. The van der Waals surface area contributed by atoms with Crippen LogP contribution in [0.2, 0.25) is 0 Å². The van der Waals surface area contributed by atoms with Crippen LogP contribution in [-0.2, 0) is 0 Å². The number of nitrogens with one attached hydrogen (secondary N) is 1. The predicted molar refractivity (Wildman–Crippen MR) is 88.7 cm³/mol. The van der Waals surface area contributed by atoms with Crippen LogP contribution in [0.1, 0.15) is 18.5 Å². The van der Waals surface area contributed by atoms with E-state index in [2.05, 4.69) is 24.9 Å². The largest absolute Gasteiger partial charge is 0.435 e. The first kappa shape index (κ1) is 16.9. The zero-order valence-corrected chi connectivity index (χ0v) is 13.4. The SMILES string of the molecule is N#Cc1nccnc1N[C@H]1CCCN(c2ccc(OC(F)F)cc2)C1. The average Bonchev–Trinajstić information content (AvgIpc) is 2.62. The van der Waals surface area contributed by atoms with Gasteiger partial charge in [0, 0.05) is 37.2 Å². The molecule has 2 heterocycles. The highest BCUT2D eigenvalue weighted by atomic mass is 19.3. The fraction of sp³-hybridized carbons (Fsp3) is 0.353. The molecule has 1 aliphatic heterocycles. The lowest BCUT2D eigenvalue weighted by Crippen LogP contribution is -2.42. The third-order valence-corrected chi connectivity index (χ3v) is 3.99. The maximum Gasteiger partial charge on any atom is 0.387 e. The molecule has 1 aliphatic rings. The number of ether oxygens (including phenoxy) is 1. The van der Waals surface area contributed by atoms with Crippen molar-refractivity contribution in [1.29, 1.82) is 5.26 Å². The molecule has 0 saturated carbocycles. The van der Waals surface area contributed by atoms with Crippen molar-refractivity contribution in [2.24, 2.45) is 0 Å². The van der Waals surface area contributed by atoms with Crippen molar-refractivity contribution in [3.05, 3.63) is 42.4 Å². The lowest BCUT2D eigenvalue weighted by atomic mass is 10.0. The molecule has 1 fully saturated rings. The molecule has 3 rings (SSSR count). The molecular weight excluding hydrogens is 328 g/mol. The van der Waals surface area contributed by atoms with E-state index in [9.17, 15) is 8.78 Å². The Kier molecular flexibility index (Phi) is 5.23. The zero-order chi connectivity index (χ0) is 17.6. The van der Waals surface area contributed by atoms with Gasteiger partial charge in [-0.05, 0) is 37.1 Å². The molecular formula is C17H17F2N5O. The number of aromatic nitrogens is 2. The minimum Gasteiger partial charge on any atom is -0.435 e. The highest BCUT2D eigenvalue weighted by Crippen LogP contribution is 2.25. The first-order valence-electron chi connectivity index (χ1n) is 7.93. The summed E-state index contributed by atoms with van der Waals surface area (Å²) >= 11 is 0. The molecule has 0 spiro atoms. The number of nitrogens with zero attached hydrogens (tertiary/aromatic N) is 4. The molecule has 25 heavy (non-hydrogen) atoms. The number of hydrogen-bond donors (Lipinski definition) is 1. The standard InChI is InChI=1S/C17H17F2N5O/c18-17(19)25-14-5-3-13(4-6-14)24-9-1-2-12(11-24)23-16-15(10-20)21-7-8-22-16/h3-8,12,17H,1-2,9,11H2,(H,22,23)/t12-/m0/s1. The number of benzene rings is 1. The molecule has 8 heteroatoms. The summed E-state index contributed by atoms with van der Waals surface area (Å²) in [5, 5.41) is 12.4. The Morgan fingerprint density at radius 1 is 1.24 bits per heavy atom. The second-order valence-corrected chi connectivity index (χ2v) is 5.67. The third kappa shape index (κ3) is 4.32. The third-order valence-electron chi connectivity index (χ3n) is 3.99. The van der Waals surface area contributed by atoms with Gasteiger partial charge in [0.15, 0.2) is 11.5 Å². The van der Waals surface area contributed by atoms with Gasteiger partial charge in [0.2, 0.25) is 0 Å². The van der Waals surface area contributed by atoms with Crippen LogP contribution in [0.3, 0.4) is 0 Å². The molecule has 1 aromatic carbocycles. The highest BCUT2D eigenvalue weighted by molar-refractivity contribution is 5.51. The Morgan fingerprint density at radius 2 is 2.00 bits per heavy atom. The van der Waals surface area contributed by atoms with E-state index in [0.717, 1.165) is 31.6 Å². The Labute approximate surface area is 144 Å². The van der Waals surface area contributed by atoms with E-state index in [4.69, 9.17) is 5.26 Å². The van der Waals surface area contributed by atoms with Crippen LogP contribution < -0.4 is 15.0 Å². The molecule has 6 nitrogen and oxygen atoms in total. The molecule has 1 aromatic heterocycles. The van der Waals surface area contributed by atoms with E-state index in [0.29, 0.717) is 5.82 Å². The number of rotatable bonds is 5. The van der Waals surface area contributed by atoms with Gasteiger partial charge in [-0.3, -0.25) is 0 Å². The number of anilines is 2. The summed E-state index contributed by atoms with van der Waals surface area (Å²) in [4.78, 5) is 10.3. The lowest BCUT2D eigenvalue weighted by Gasteiger charge is -2.35. The van der Waals surface area contributed by atoms with E-state index in [1.807, 2.05) is 6.07 Å². The van der Waals surface area contributed by atoms with Gasteiger partial charge in [0.05, 0.1) is 0 Å². The highest BCUT2D eigenvalue weighted by Gasteiger charge is 2.21. The van der Waals surface area contributed by atoms with Crippen LogP contribution in [-0.4, -0.2) is 35.7 Å². The summed E-state index contributed by atoms with van der Waals surface area (Å²) < 4.78 is 28.8. The van der Waals surface area contributed by atoms with Crippen molar-refractivity contribution in [2.75, 3.05) is 23.3 Å². The average molecular weight is 345 g/mol. The topological polar surface area (TPSA) is 74.1 Å². The van der Waals surface area contributed by atoms with E-state index >= 15 is 0 Å². The summed E-state index contributed by atoms with van der Waals surface area (Å²) in [5.74, 6) is 0.626. The van der Waals surface area contributed by atoms with Crippen molar-refractivity contribution in [3.63, 3.8) is 0 Å². The van der Waals surface area contributed by atoms with Crippen molar-refractivity contribution >= 4 is 11.5 Å². The fourth-order valence-corrected chi connectivity index (χ4v) is 2.89. The molecule has 1 atom stereocenters. The molecule has 0 amide bonds. The predicted octanol–water partition coefficient (Wildman–Crippen LogP) is 3.03. The molecule has 2 aromatic rings. The summed E-state index contributed by atoms with van der Waals surface area (Å²) in [6, 6.07) is 8.75. The van der Waals surface area contributed by atoms with E-state index in [1.54, 1.807) is 18.3 Å². The van der Waals surface area contributed by atoms with E-state index < -0.39 is 6.61 Å². The Balaban J connectivity index is 1.66. The molecule has 0 bridgehead atoms. The monoisotopic (exact) mass is 345 g/mol. The number of nitriles is 1. The number of alkyl halides is 2. The molecule has 0 aliphatic carbocycles. The van der Waals surface area contributed by atoms with Crippen LogP contribution in [0.15, 0.2) is 36.7 Å². The molecule has 0 unspecified atom stereocenters. The van der Waals surface area contributed by atoms with Gasteiger partial charge in [0.25, 0.3) is 0 Å². The second-order valence-electron chi connectivity index (χ2n) is 5.67. The van der Waals surface area contributed by atoms with Gasteiger partial charge in [-0.25, -0.2) is 9.97 Å². The second kappa shape index (κ2) is 7.75. The fourth-order valence-electron chi connectivity index (χ4n) is 2.89. The van der Waals surface area contributed by atoms with Crippen LogP contribution >= 0.6 is 0 Å². The van der Waals surface area contributed by atoms with E-state index in [1.165, 1.54) is 18.3 Å². The number of piperidine rings is 1. The van der Waals surface area contributed by atoms with Crippen molar-refractivity contribution < 1.29 is 13.5 Å². The van der Waals surface area contributed by atoms with Crippen LogP contribution in [0.25, 0.3) is 0 Å². The molecule has 130 valence electrons. The maximum absolute atomic E-state index is 12.2. The van der Waals surface area contributed by atoms with Gasteiger partial charge >= 0.3 is 6.61 Å².